The third kappa shape index (κ3) is 9.23. The Balaban J connectivity index is 1.92. The molecule has 1 aliphatic rings. The fourth-order valence-corrected chi connectivity index (χ4v) is 8.08. The smallest absolute Gasteiger partial charge is 0.411 e. The highest BCUT2D eigenvalue weighted by atomic mass is 32.2. The Morgan fingerprint density at radius 2 is 1.49 bits per heavy atom. The Bertz CT molecular complexity index is 2210. The minimum atomic E-state index is -4.42. The topological polar surface area (TPSA) is 275 Å². The van der Waals surface area contributed by atoms with Crippen LogP contribution >= 0.6 is 11.3 Å². The molecule has 0 saturated carbocycles. The molecule has 0 saturated heterocycles. The Morgan fingerprint density at radius 1 is 0.898 bits per heavy atom. The summed E-state index contributed by atoms with van der Waals surface area (Å²) in [7, 11) is -13.0. The molecule has 266 valence electrons. The van der Waals surface area contributed by atoms with Gasteiger partial charge in [0.25, 0.3) is 42.2 Å². The molecule has 1 aromatic carbocycles. The highest BCUT2D eigenvalue weighted by molar-refractivity contribution is 7.86. The zero-order chi connectivity index (χ0) is 36.5. The van der Waals surface area contributed by atoms with Crippen LogP contribution in [0.15, 0.2) is 29.6 Å². The Kier molecular flexibility index (Phi) is 11.0. The molecule has 0 radical (unpaired) electrons. The normalized spacial score (nSPS) is 16.5. The quantitative estimate of drug-likeness (QED) is 0.102. The van der Waals surface area contributed by atoms with Crippen molar-refractivity contribution >= 4 is 81.1 Å². The molecule has 3 amide bonds. The van der Waals surface area contributed by atoms with Crippen molar-refractivity contribution in [2.24, 2.45) is 0 Å². The summed E-state index contributed by atoms with van der Waals surface area (Å²) in [5, 5.41) is 15.5. The third-order valence-electron chi connectivity index (χ3n) is 8.11. The molecule has 1 atom stereocenters. The number of aromatic nitrogens is 1. The van der Waals surface area contributed by atoms with Crippen LogP contribution in [0.3, 0.4) is 0 Å². The standard InChI is InChI=1S/C28H32N4O13S4/c1-16-28(2,6-3-10-47(37,38)39)20-15-19(24-18(5-9-46-24)23(20)32(16)8-4-11-48(40,41)42)17-13-21(25(33)29-7-12-49(43,44)45)30-22(14-17)26(34)31-27(35)36/h5,9,13-15H,3-4,6-8,10-12H2,1-2H3,(H5-,29,31,33,34,35,36,37,38,39,40,41,42,43,44,45)/p+1. The number of amides is 3. The summed E-state index contributed by atoms with van der Waals surface area (Å²) in [5.74, 6) is -3.93. The second-order valence-corrected chi connectivity index (χ2v) is 17.1. The van der Waals surface area contributed by atoms with E-state index in [1.54, 1.807) is 29.8 Å². The highest BCUT2D eigenvalue weighted by Gasteiger charge is 2.47. The second-order valence-electron chi connectivity index (χ2n) is 11.5. The van der Waals surface area contributed by atoms with Gasteiger partial charge in [0, 0.05) is 35.7 Å². The third-order valence-corrected chi connectivity index (χ3v) is 11.4. The SMILES string of the molecule is CC1=[N+](CCCS(=O)(=O)O)c2c(cc(-c3cc(C(=O)NCCS(=O)(=O)O)nc(C(=O)NC(=O)O)c3)c3sccc23)C1(C)CCCS(=O)(=O)O. The van der Waals surface area contributed by atoms with Crippen molar-refractivity contribution in [1.82, 2.24) is 15.6 Å². The predicted molar refractivity (Wildman–Crippen MR) is 179 cm³/mol. The summed E-state index contributed by atoms with van der Waals surface area (Å²) < 4.78 is 98.7. The van der Waals surface area contributed by atoms with Gasteiger partial charge in [-0.1, -0.05) is 0 Å². The zero-order valence-corrected chi connectivity index (χ0v) is 29.3. The molecule has 6 N–H and O–H groups in total. The summed E-state index contributed by atoms with van der Waals surface area (Å²) >= 11 is 1.29. The van der Waals surface area contributed by atoms with E-state index in [1.807, 2.05) is 11.5 Å². The lowest BCUT2D eigenvalue weighted by Crippen LogP contribution is -2.32. The van der Waals surface area contributed by atoms with Gasteiger partial charge in [0.15, 0.2) is 5.71 Å². The van der Waals surface area contributed by atoms with E-state index >= 15 is 0 Å². The fraction of sp³-hybridized carbons (Fsp3) is 0.393. The lowest BCUT2D eigenvalue weighted by atomic mass is 9.75. The van der Waals surface area contributed by atoms with Gasteiger partial charge >= 0.3 is 6.09 Å². The van der Waals surface area contributed by atoms with Crippen molar-refractivity contribution < 1.29 is 63.0 Å². The Morgan fingerprint density at radius 3 is 2.08 bits per heavy atom. The molecule has 3 aromatic rings. The largest absolute Gasteiger partial charge is 0.465 e. The number of carbonyl (C=O) groups is 3. The first-order valence-electron chi connectivity index (χ1n) is 14.5. The van der Waals surface area contributed by atoms with Crippen LogP contribution in [0, 0.1) is 0 Å². The highest BCUT2D eigenvalue weighted by Crippen LogP contribution is 2.50. The van der Waals surface area contributed by atoms with Crippen LogP contribution in [0.2, 0.25) is 0 Å². The number of hydrogen-bond donors (Lipinski definition) is 6. The van der Waals surface area contributed by atoms with Gasteiger partial charge in [-0.05, 0) is 55.0 Å². The number of hydrogen-bond acceptors (Lipinski definition) is 11. The minimum absolute atomic E-state index is 0.0463. The first-order valence-corrected chi connectivity index (χ1v) is 20.2. The van der Waals surface area contributed by atoms with Crippen LogP contribution in [-0.2, 0) is 35.8 Å². The first kappa shape index (κ1) is 38.0. The molecule has 21 heteroatoms. The Hall–Kier alpha value is -3.86. The molecule has 0 aliphatic carbocycles. The van der Waals surface area contributed by atoms with Crippen molar-refractivity contribution in [3.05, 3.63) is 46.6 Å². The number of carbonyl (C=O) groups excluding carboxylic acids is 2. The molecule has 1 unspecified atom stereocenters. The van der Waals surface area contributed by atoms with E-state index in [0.29, 0.717) is 26.9 Å². The van der Waals surface area contributed by atoms with Gasteiger partial charge in [0.05, 0.1) is 28.1 Å². The monoisotopic (exact) mass is 761 g/mol. The molecule has 0 spiro atoms. The number of nitrogens with zero attached hydrogens (tertiary/aromatic N) is 2. The van der Waals surface area contributed by atoms with Crippen LogP contribution in [0.5, 0.6) is 0 Å². The molecule has 17 nitrogen and oxygen atoms in total. The van der Waals surface area contributed by atoms with Crippen LogP contribution in [0.25, 0.3) is 21.2 Å². The maximum Gasteiger partial charge on any atom is 0.411 e. The molecular formula is C28H33N4O13S4+. The number of benzene rings is 1. The number of thiophene rings is 1. The van der Waals surface area contributed by atoms with Crippen LogP contribution < -0.4 is 10.6 Å². The summed E-state index contributed by atoms with van der Waals surface area (Å²) in [6.07, 6.45) is -1.37. The van der Waals surface area contributed by atoms with Gasteiger partial charge in [-0.15, -0.1) is 11.3 Å². The maximum atomic E-state index is 13.0. The lowest BCUT2D eigenvalue weighted by molar-refractivity contribution is -0.437. The van der Waals surface area contributed by atoms with E-state index < -0.39 is 83.2 Å². The van der Waals surface area contributed by atoms with E-state index in [-0.39, 0.29) is 37.1 Å². The van der Waals surface area contributed by atoms with Crippen molar-refractivity contribution in [3.8, 4) is 11.1 Å². The molecule has 0 bridgehead atoms. The van der Waals surface area contributed by atoms with E-state index in [2.05, 4.69) is 10.3 Å². The van der Waals surface area contributed by atoms with Crippen molar-refractivity contribution in [3.63, 3.8) is 0 Å². The number of imide groups is 1. The minimum Gasteiger partial charge on any atom is -0.465 e. The Labute approximate surface area is 285 Å². The molecule has 4 rings (SSSR count). The lowest BCUT2D eigenvalue weighted by Gasteiger charge is -2.23. The number of carboxylic acid groups (broad SMARTS) is 1. The molecule has 3 heterocycles. The summed E-state index contributed by atoms with van der Waals surface area (Å²) in [5.41, 5.74) is 1.07. The number of nitrogens with one attached hydrogen (secondary N) is 2. The molecular weight excluding hydrogens is 729 g/mol. The van der Waals surface area contributed by atoms with Gasteiger partial charge in [-0.3, -0.25) is 28.6 Å². The van der Waals surface area contributed by atoms with E-state index in [4.69, 9.17) is 9.66 Å². The number of pyridine rings is 1. The van der Waals surface area contributed by atoms with Crippen LogP contribution in [0.1, 0.15) is 59.7 Å². The first-order chi connectivity index (χ1) is 22.6. The van der Waals surface area contributed by atoms with Gasteiger partial charge in [-0.2, -0.15) is 29.8 Å². The maximum absolute atomic E-state index is 13.0. The zero-order valence-electron chi connectivity index (χ0n) is 26.0. The second kappa shape index (κ2) is 14.2. The van der Waals surface area contributed by atoms with Gasteiger partial charge in [0.2, 0.25) is 5.69 Å². The number of fused-ring (bicyclic) bond motifs is 3. The summed E-state index contributed by atoms with van der Waals surface area (Å²) in [6, 6.07) is 6.14. The molecule has 1 aliphatic heterocycles. The average molecular weight is 762 g/mol. The fourth-order valence-electron chi connectivity index (χ4n) is 5.79. The van der Waals surface area contributed by atoms with Gasteiger partial charge < -0.3 is 10.4 Å². The summed E-state index contributed by atoms with van der Waals surface area (Å²) in [6.45, 7) is 3.31. The average Bonchev–Trinajstić information content (AvgIpc) is 3.52. The van der Waals surface area contributed by atoms with E-state index in [1.165, 1.54) is 23.5 Å². The van der Waals surface area contributed by atoms with Gasteiger partial charge in [0.1, 0.15) is 17.9 Å². The predicted octanol–water partition coefficient (Wildman–Crippen LogP) is 2.31. The van der Waals surface area contributed by atoms with Crippen molar-refractivity contribution in [1.29, 1.82) is 0 Å². The van der Waals surface area contributed by atoms with Gasteiger partial charge in [-0.25, -0.2) is 9.78 Å². The molecule has 2 aromatic heterocycles. The molecule has 49 heavy (non-hydrogen) atoms. The summed E-state index contributed by atoms with van der Waals surface area (Å²) in [4.78, 5) is 41.0. The molecule has 0 fully saturated rings. The number of rotatable bonds is 14. The van der Waals surface area contributed by atoms with E-state index in [0.717, 1.165) is 5.71 Å². The van der Waals surface area contributed by atoms with Crippen LogP contribution in [-0.4, -0.2) is 108 Å². The van der Waals surface area contributed by atoms with E-state index in [9.17, 15) is 48.7 Å². The van der Waals surface area contributed by atoms with Crippen molar-refractivity contribution in [2.75, 3.05) is 30.3 Å². The van der Waals surface area contributed by atoms with Crippen LogP contribution in [0.4, 0.5) is 10.5 Å². The van der Waals surface area contributed by atoms with Crippen molar-refractivity contribution in [2.45, 2.75) is 38.5 Å².